The second kappa shape index (κ2) is 9.10. The van der Waals surface area contributed by atoms with E-state index in [-0.39, 0.29) is 24.4 Å². The zero-order valence-electron chi connectivity index (χ0n) is 16.2. The molecule has 3 rings (SSSR count). The molecule has 1 aromatic carbocycles. The number of piperidine rings is 1. The number of hydrogen-bond donors (Lipinski definition) is 2. The molecule has 1 saturated heterocycles. The maximum absolute atomic E-state index is 12.6. The molecule has 0 radical (unpaired) electrons. The molecule has 0 aliphatic carbocycles. The predicted octanol–water partition coefficient (Wildman–Crippen LogP) is 2.75. The summed E-state index contributed by atoms with van der Waals surface area (Å²) in [4.78, 5) is 28.6. The van der Waals surface area contributed by atoms with Gasteiger partial charge in [0.05, 0.1) is 18.2 Å². The predicted molar refractivity (Wildman–Crippen MR) is 108 cm³/mol. The molecule has 2 aromatic rings. The SMILES string of the molecule is Cc1cc(CNC(=O)N(C)[C@@H]2CCCN(C(=O)Cc3cc[nH]n3)C2)ccc1Cl. The highest BCUT2D eigenvalue weighted by atomic mass is 35.5. The molecule has 1 aliphatic rings. The number of aryl methyl sites for hydroxylation is 1. The molecule has 1 aromatic heterocycles. The third kappa shape index (κ3) is 5.04. The molecule has 0 bridgehead atoms. The minimum absolute atomic E-state index is 0.00355. The van der Waals surface area contributed by atoms with E-state index in [4.69, 9.17) is 11.6 Å². The largest absolute Gasteiger partial charge is 0.340 e. The molecule has 150 valence electrons. The lowest BCUT2D eigenvalue weighted by atomic mass is 10.0. The standard InChI is InChI=1S/C20H26ClN5O2/c1-14-10-15(5-6-18(14)21)12-22-20(28)25(2)17-4-3-9-26(13-17)19(27)11-16-7-8-23-24-16/h5-8,10,17H,3-4,9,11-13H2,1-2H3,(H,22,28)(H,23,24)/t17-/m1/s1. The molecular formula is C20H26ClN5O2. The number of carbonyl (C=O) groups is 2. The molecule has 2 N–H and O–H groups in total. The van der Waals surface area contributed by atoms with Crippen LogP contribution in [0.1, 0.15) is 29.7 Å². The van der Waals surface area contributed by atoms with Gasteiger partial charge in [-0.1, -0.05) is 23.7 Å². The van der Waals surface area contributed by atoms with Crippen LogP contribution in [0.25, 0.3) is 0 Å². The molecule has 1 aliphatic heterocycles. The lowest BCUT2D eigenvalue weighted by Crippen LogP contribution is -2.52. The number of likely N-dealkylation sites (N-methyl/N-ethyl adjacent to an activating group) is 1. The molecule has 3 amide bonds. The lowest BCUT2D eigenvalue weighted by molar-refractivity contribution is -0.132. The van der Waals surface area contributed by atoms with E-state index < -0.39 is 0 Å². The Hall–Kier alpha value is -2.54. The number of nitrogens with one attached hydrogen (secondary N) is 2. The Balaban J connectivity index is 1.52. The number of aromatic nitrogens is 2. The maximum Gasteiger partial charge on any atom is 0.317 e. The van der Waals surface area contributed by atoms with Crippen LogP contribution in [0.4, 0.5) is 4.79 Å². The highest BCUT2D eigenvalue weighted by Crippen LogP contribution is 2.18. The fourth-order valence-electron chi connectivity index (χ4n) is 3.44. The molecule has 0 spiro atoms. The van der Waals surface area contributed by atoms with Crippen LogP contribution in [0.5, 0.6) is 0 Å². The Bertz CT molecular complexity index is 824. The third-order valence-corrected chi connectivity index (χ3v) is 5.60. The van der Waals surface area contributed by atoms with Crippen LogP contribution in [-0.2, 0) is 17.8 Å². The molecular weight excluding hydrogens is 378 g/mol. The molecule has 1 fully saturated rings. The number of amides is 3. The van der Waals surface area contributed by atoms with Gasteiger partial charge in [0, 0.05) is 37.9 Å². The number of benzene rings is 1. The summed E-state index contributed by atoms with van der Waals surface area (Å²) in [5.41, 5.74) is 2.72. The lowest BCUT2D eigenvalue weighted by Gasteiger charge is -2.37. The van der Waals surface area contributed by atoms with Crippen LogP contribution >= 0.6 is 11.6 Å². The third-order valence-electron chi connectivity index (χ3n) is 5.17. The summed E-state index contributed by atoms with van der Waals surface area (Å²) in [6.07, 6.45) is 3.76. The first-order valence-electron chi connectivity index (χ1n) is 9.46. The van der Waals surface area contributed by atoms with Gasteiger partial charge in [-0.05, 0) is 43.0 Å². The Labute approximate surface area is 170 Å². The van der Waals surface area contributed by atoms with Crippen molar-refractivity contribution in [3.63, 3.8) is 0 Å². The average Bonchev–Trinajstić information content (AvgIpc) is 3.21. The number of H-pyrrole nitrogens is 1. The van der Waals surface area contributed by atoms with Crippen molar-refractivity contribution in [2.24, 2.45) is 0 Å². The van der Waals surface area contributed by atoms with Gasteiger partial charge in [-0.25, -0.2) is 4.79 Å². The molecule has 0 unspecified atom stereocenters. The Morgan fingerprint density at radius 1 is 1.39 bits per heavy atom. The van der Waals surface area contributed by atoms with Gasteiger partial charge in [0.15, 0.2) is 0 Å². The average molecular weight is 404 g/mol. The quantitative estimate of drug-likeness (QED) is 0.805. The highest BCUT2D eigenvalue weighted by Gasteiger charge is 2.28. The van der Waals surface area contributed by atoms with Crippen molar-refractivity contribution in [1.82, 2.24) is 25.3 Å². The maximum atomic E-state index is 12.6. The number of likely N-dealkylation sites (tertiary alicyclic amines) is 1. The number of carbonyl (C=O) groups excluding carboxylic acids is 2. The summed E-state index contributed by atoms with van der Waals surface area (Å²) in [6.45, 7) is 3.65. The second-order valence-electron chi connectivity index (χ2n) is 7.23. The van der Waals surface area contributed by atoms with E-state index in [9.17, 15) is 9.59 Å². The minimum Gasteiger partial charge on any atom is -0.340 e. The zero-order valence-corrected chi connectivity index (χ0v) is 17.0. The van der Waals surface area contributed by atoms with E-state index in [1.165, 1.54) is 0 Å². The zero-order chi connectivity index (χ0) is 20.1. The summed E-state index contributed by atoms with van der Waals surface area (Å²) < 4.78 is 0. The van der Waals surface area contributed by atoms with Gasteiger partial charge in [-0.3, -0.25) is 9.89 Å². The van der Waals surface area contributed by atoms with E-state index >= 15 is 0 Å². The van der Waals surface area contributed by atoms with Crippen molar-refractivity contribution < 1.29 is 9.59 Å². The summed E-state index contributed by atoms with van der Waals surface area (Å²) in [6, 6.07) is 7.39. The van der Waals surface area contributed by atoms with Crippen LogP contribution in [0, 0.1) is 6.92 Å². The normalized spacial score (nSPS) is 16.7. The number of hydrogen-bond acceptors (Lipinski definition) is 3. The van der Waals surface area contributed by atoms with Gasteiger partial charge < -0.3 is 15.1 Å². The topological polar surface area (TPSA) is 81.3 Å². The monoisotopic (exact) mass is 403 g/mol. The van der Waals surface area contributed by atoms with E-state index in [1.807, 2.05) is 30.0 Å². The van der Waals surface area contributed by atoms with Crippen LogP contribution in [0.2, 0.25) is 5.02 Å². The van der Waals surface area contributed by atoms with Crippen LogP contribution in [0.3, 0.4) is 0 Å². The Morgan fingerprint density at radius 3 is 2.93 bits per heavy atom. The first-order valence-corrected chi connectivity index (χ1v) is 9.84. The smallest absolute Gasteiger partial charge is 0.317 e. The van der Waals surface area contributed by atoms with Gasteiger partial charge in [0.2, 0.25) is 5.91 Å². The van der Waals surface area contributed by atoms with Crippen molar-refractivity contribution in [3.8, 4) is 0 Å². The molecule has 8 heteroatoms. The number of rotatable bonds is 5. The van der Waals surface area contributed by atoms with Crippen molar-refractivity contribution in [3.05, 3.63) is 52.3 Å². The van der Waals surface area contributed by atoms with Crippen molar-refractivity contribution >= 4 is 23.5 Å². The van der Waals surface area contributed by atoms with E-state index in [0.29, 0.717) is 18.1 Å². The van der Waals surface area contributed by atoms with Gasteiger partial charge >= 0.3 is 6.03 Å². The Morgan fingerprint density at radius 2 is 2.21 bits per heavy atom. The van der Waals surface area contributed by atoms with Crippen LogP contribution in [-0.4, -0.2) is 58.1 Å². The first-order chi connectivity index (χ1) is 13.4. The Kier molecular flexibility index (Phi) is 6.57. The second-order valence-corrected chi connectivity index (χ2v) is 7.64. The van der Waals surface area contributed by atoms with E-state index in [0.717, 1.165) is 36.2 Å². The summed E-state index contributed by atoms with van der Waals surface area (Å²) in [7, 11) is 1.79. The molecule has 7 nitrogen and oxygen atoms in total. The number of halogens is 1. The summed E-state index contributed by atoms with van der Waals surface area (Å²) in [5.74, 6) is 0.0437. The van der Waals surface area contributed by atoms with E-state index in [1.54, 1.807) is 24.2 Å². The van der Waals surface area contributed by atoms with Crippen molar-refractivity contribution in [1.29, 1.82) is 0 Å². The van der Waals surface area contributed by atoms with Gasteiger partial charge in [0.1, 0.15) is 0 Å². The van der Waals surface area contributed by atoms with Crippen molar-refractivity contribution in [2.75, 3.05) is 20.1 Å². The fraction of sp³-hybridized carbons (Fsp3) is 0.450. The number of aromatic amines is 1. The molecule has 28 heavy (non-hydrogen) atoms. The molecule has 1 atom stereocenters. The minimum atomic E-state index is -0.140. The summed E-state index contributed by atoms with van der Waals surface area (Å²) in [5, 5.41) is 10.4. The van der Waals surface area contributed by atoms with Gasteiger partial charge in [0.25, 0.3) is 0 Å². The van der Waals surface area contributed by atoms with Gasteiger partial charge in [-0.15, -0.1) is 0 Å². The summed E-state index contributed by atoms with van der Waals surface area (Å²) >= 11 is 6.05. The van der Waals surface area contributed by atoms with Crippen LogP contribution < -0.4 is 5.32 Å². The highest BCUT2D eigenvalue weighted by molar-refractivity contribution is 6.31. The molecule has 0 saturated carbocycles. The molecule has 2 heterocycles. The van der Waals surface area contributed by atoms with E-state index in [2.05, 4.69) is 15.5 Å². The van der Waals surface area contributed by atoms with Gasteiger partial charge in [-0.2, -0.15) is 5.10 Å². The fourth-order valence-corrected chi connectivity index (χ4v) is 3.56. The van der Waals surface area contributed by atoms with Crippen LogP contribution in [0.15, 0.2) is 30.5 Å². The number of urea groups is 1. The van der Waals surface area contributed by atoms with Crippen molar-refractivity contribution in [2.45, 2.75) is 38.8 Å². The number of nitrogens with zero attached hydrogens (tertiary/aromatic N) is 3. The first kappa shape index (κ1) is 20.2.